The molecule has 4 rings (SSSR count). The van der Waals surface area contributed by atoms with Gasteiger partial charge in [0.15, 0.2) is 34.5 Å². The van der Waals surface area contributed by atoms with Crippen LogP contribution in [0.15, 0.2) is 40.9 Å². The maximum atomic E-state index is 13.8. The lowest BCUT2D eigenvalue weighted by molar-refractivity contribution is -0.136. The average Bonchev–Trinajstić information content (AvgIpc) is 3.31. The van der Waals surface area contributed by atoms with Gasteiger partial charge in [-0.3, -0.25) is 0 Å². The fourth-order valence-electron chi connectivity index (χ4n) is 3.48. The highest BCUT2D eigenvalue weighted by Crippen LogP contribution is 2.47. The van der Waals surface area contributed by atoms with Crippen LogP contribution in [0.25, 0.3) is 5.76 Å². The minimum atomic E-state index is -6.41. The molecule has 0 N–H and O–H groups in total. The summed E-state index contributed by atoms with van der Waals surface area (Å²) in [6.07, 6.45) is 0. The van der Waals surface area contributed by atoms with Crippen molar-refractivity contribution in [2.24, 2.45) is 0 Å². The van der Waals surface area contributed by atoms with E-state index in [0.717, 1.165) is 45.6 Å². The minimum absolute atomic E-state index is 0.0420. The van der Waals surface area contributed by atoms with Gasteiger partial charge < -0.3 is 27.9 Å². The summed E-state index contributed by atoms with van der Waals surface area (Å²) in [5.74, 6) is -2.94. The quantitative estimate of drug-likeness (QED) is 0.288. The monoisotopic (exact) mass is 567 g/mol. The Morgan fingerprint density at radius 3 is 2.22 bits per heavy atom. The summed E-state index contributed by atoms with van der Waals surface area (Å²) in [4.78, 5) is 12.1. The van der Waals surface area contributed by atoms with E-state index in [-0.39, 0.29) is 39.8 Å². The van der Waals surface area contributed by atoms with Gasteiger partial charge in [-0.15, -0.1) is 0 Å². The molecule has 0 atom stereocenters. The third kappa shape index (κ3) is 4.22. The lowest BCUT2D eigenvalue weighted by Gasteiger charge is -2.32. The standard InChI is InChI=1S/C20H16F3NO11S2/c1-30-13-7-11-16(8-14(13)31-2)36(26,27)24(10-4-5-12-15(6-10)34-9-33-12)17(19(25)32-3)18(11)35-37(28,29)20(21,22)23/h4-8H,9H2,1-3H3. The first-order valence-corrected chi connectivity index (χ1v) is 12.7. The first kappa shape index (κ1) is 26.2. The van der Waals surface area contributed by atoms with Gasteiger partial charge in [-0.05, 0) is 18.2 Å². The van der Waals surface area contributed by atoms with Crippen molar-refractivity contribution in [3.63, 3.8) is 0 Å². The van der Waals surface area contributed by atoms with Gasteiger partial charge in [-0.1, -0.05) is 0 Å². The highest BCUT2D eigenvalue weighted by Gasteiger charge is 2.52. The molecule has 0 spiro atoms. The van der Waals surface area contributed by atoms with Crippen LogP contribution < -0.4 is 23.3 Å². The van der Waals surface area contributed by atoms with Crippen LogP contribution in [0, 0.1) is 0 Å². The minimum Gasteiger partial charge on any atom is -0.493 e. The third-order valence-corrected chi connectivity index (χ3v) is 7.83. The SMILES string of the molecule is COC(=O)C1=C(OS(=O)(=O)C(F)(F)F)c2cc(OC)c(OC)cc2S(=O)(=O)N1c1ccc2c(c1)OCO2. The van der Waals surface area contributed by atoms with Crippen LogP contribution in [-0.2, 0) is 33.9 Å². The molecule has 0 unspecified atom stereocenters. The summed E-state index contributed by atoms with van der Waals surface area (Å²) >= 11 is 0. The van der Waals surface area contributed by atoms with Gasteiger partial charge in [0.25, 0.3) is 10.0 Å². The summed E-state index contributed by atoms with van der Waals surface area (Å²) in [5, 5.41) is 0. The molecule has 0 saturated carbocycles. The van der Waals surface area contributed by atoms with Gasteiger partial charge in [0.1, 0.15) is 4.90 Å². The number of ether oxygens (including phenoxy) is 5. The molecule has 17 heteroatoms. The highest BCUT2D eigenvalue weighted by atomic mass is 32.2. The molecule has 0 aliphatic carbocycles. The van der Waals surface area contributed by atoms with E-state index in [4.69, 9.17) is 18.9 Å². The van der Waals surface area contributed by atoms with E-state index in [2.05, 4.69) is 8.92 Å². The molecule has 12 nitrogen and oxygen atoms in total. The molecule has 0 amide bonds. The van der Waals surface area contributed by atoms with Crippen LogP contribution in [0.5, 0.6) is 23.0 Å². The molecule has 0 aromatic heterocycles. The Kier molecular flexibility index (Phi) is 6.31. The number of halogens is 3. The van der Waals surface area contributed by atoms with Crippen LogP contribution in [0.2, 0.25) is 0 Å². The molecule has 37 heavy (non-hydrogen) atoms. The van der Waals surface area contributed by atoms with Crippen LogP contribution in [0.1, 0.15) is 5.56 Å². The zero-order chi connectivity index (χ0) is 27.3. The number of hydrogen-bond acceptors (Lipinski definition) is 11. The van der Waals surface area contributed by atoms with Gasteiger partial charge in [0, 0.05) is 17.7 Å². The molecule has 2 heterocycles. The predicted octanol–water partition coefficient (Wildman–Crippen LogP) is 2.35. The summed E-state index contributed by atoms with van der Waals surface area (Å²) in [7, 11) is -8.15. The Balaban J connectivity index is 2.12. The topological polar surface area (TPSA) is 144 Å². The smallest absolute Gasteiger partial charge is 0.493 e. The number of carbonyl (C=O) groups excluding carboxylic acids is 1. The highest BCUT2D eigenvalue weighted by molar-refractivity contribution is 7.93. The summed E-state index contributed by atoms with van der Waals surface area (Å²) in [6, 6.07) is 5.27. The number of fused-ring (bicyclic) bond motifs is 2. The number of carbonyl (C=O) groups is 1. The summed E-state index contributed by atoms with van der Waals surface area (Å²) < 4.78 is 121. The summed E-state index contributed by atoms with van der Waals surface area (Å²) in [6.45, 7) is -0.205. The Morgan fingerprint density at radius 1 is 1.00 bits per heavy atom. The van der Waals surface area contributed by atoms with E-state index in [1.807, 2.05) is 0 Å². The number of rotatable bonds is 6. The Labute approximate surface area is 207 Å². The fourth-order valence-corrected chi connectivity index (χ4v) is 5.64. The second kappa shape index (κ2) is 8.91. The fraction of sp³-hybridized carbons (Fsp3) is 0.250. The van der Waals surface area contributed by atoms with E-state index in [1.165, 1.54) is 6.07 Å². The number of esters is 1. The second-order valence-corrected chi connectivity index (χ2v) is 10.5. The van der Waals surface area contributed by atoms with Gasteiger partial charge in [0.05, 0.1) is 27.0 Å². The average molecular weight is 567 g/mol. The van der Waals surface area contributed by atoms with Crippen molar-refractivity contribution in [2.45, 2.75) is 10.4 Å². The van der Waals surface area contributed by atoms with E-state index in [1.54, 1.807) is 0 Å². The van der Waals surface area contributed by atoms with Crippen LogP contribution >= 0.6 is 0 Å². The molecule has 0 radical (unpaired) electrons. The Bertz CT molecular complexity index is 1530. The summed E-state index contributed by atoms with van der Waals surface area (Å²) in [5.41, 5.74) is -8.19. The van der Waals surface area contributed by atoms with Crippen LogP contribution in [0.3, 0.4) is 0 Å². The molecule has 0 fully saturated rings. The first-order chi connectivity index (χ1) is 17.3. The van der Waals surface area contributed by atoms with Gasteiger partial charge in [0.2, 0.25) is 6.79 Å². The lowest BCUT2D eigenvalue weighted by Crippen LogP contribution is -2.40. The Morgan fingerprint density at radius 2 is 1.62 bits per heavy atom. The van der Waals surface area contributed by atoms with Crippen LogP contribution in [0.4, 0.5) is 18.9 Å². The van der Waals surface area contributed by atoms with Crippen LogP contribution in [-0.4, -0.2) is 56.4 Å². The molecule has 200 valence electrons. The zero-order valence-corrected chi connectivity index (χ0v) is 20.6. The number of anilines is 1. The molecular formula is C20H16F3NO11S2. The molecule has 2 aliphatic heterocycles. The third-order valence-electron chi connectivity index (χ3n) is 5.11. The van der Waals surface area contributed by atoms with E-state index in [9.17, 15) is 34.8 Å². The number of hydrogen-bond donors (Lipinski definition) is 0. The van der Waals surface area contributed by atoms with Crippen molar-refractivity contribution in [1.82, 2.24) is 0 Å². The Hall–Kier alpha value is -3.86. The molecule has 0 bridgehead atoms. The van der Waals surface area contributed by atoms with Crippen molar-refractivity contribution in [3.8, 4) is 23.0 Å². The maximum absolute atomic E-state index is 13.8. The largest absolute Gasteiger partial charge is 0.534 e. The van der Waals surface area contributed by atoms with E-state index in [0.29, 0.717) is 0 Å². The molecule has 2 aromatic rings. The molecule has 2 aliphatic rings. The van der Waals surface area contributed by atoms with Gasteiger partial charge in [-0.25, -0.2) is 17.5 Å². The molecular weight excluding hydrogens is 551 g/mol. The lowest BCUT2D eigenvalue weighted by atomic mass is 10.1. The van der Waals surface area contributed by atoms with Gasteiger partial charge in [-0.2, -0.15) is 21.6 Å². The molecule has 2 aromatic carbocycles. The first-order valence-electron chi connectivity index (χ1n) is 9.81. The van der Waals surface area contributed by atoms with Crippen molar-refractivity contribution in [2.75, 3.05) is 32.4 Å². The number of methoxy groups -OCH3 is 3. The van der Waals surface area contributed by atoms with E-state index < -0.39 is 53.5 Å². The normalized spacial score (nSPS) is 16.2. The predicted molar refractivity (Wildman–Crippen MR) is 117 cm³/mol. The molecule has 0 saturated heterocycles. The second-order valence-electron chi connectivity index (χ2n) is 7.16. The van der Waals surface area contributed by atoms with Crippen molar-refractivity contribution >= 4 is 37.6 Å². The van der Waals surface area contributed by atoms with E-state index >= 15 is 0 Å². The van der Waals surface area contributed by atoms with Crippen molar-refractivity contribution in [1.29, 1.82) is 0 Å². The van der Waals surface area contributed by atoms with Gasteiger partial charge >= 0.3 is 21.6 Å². The number of sulfonamides is 1. The number of nitrogens with zero attached hydrogens (tertiary/aromatic N) is 1. The van der Waals surface area contributed by atoms with Crippen molar-refractivity contribution < 1.29 is 62.7 Å². The number of alkyl halides is 3. The number of benzene rings is 2. The van der Waals surface area contributed by atoms with Crippen molar-refractivity contribution in [3.05, 3.63) is 41.6 Å². The maximum Gasteiger partial charge on any atom is 0.534 e. The zero-order valence-electron chi connectivity index (χ0n) is 19.0.